The number of aryl methyl sites for hydroxylation is 1. The SMILES string of the molecule is O=C(O)CCC(CCCCNS(=O)(=O)c1ccc(Cl)cc1)CCn1ccnc1. The topological polar surface area (TPSA) is 101 Å². The lowest BCUT2D eigenvalue weighted by Gasteiger charge is -2.16. The molecule has 0 amide bonds. The van der Waals surface area contributed by atoms with Gasteiger partial charge in [0.25, 0.3) is 0 Å². The van der Waals surface area contributed by atoms with Crippen molar-refractivity contribution >= 4 is 27.6 Å². The van der Waals surface area contributed by atoms with Crippen molar-refractivity contribution in [2.75, 3.05) is 6.54 Å². The molecule has 154 valence electrons. The van der Waals surface area contributed by atoms with Crippen molar-refractivity contribution in [1.82, 2.24) is 14.3 Å². The first-order chi connectivity index (χ1) is 13.4. The van der Waals surface area contributed by atoms with Gasteiger partial charge >= 0.3 is 5.97 Å². The van der Waals surface area contributed by atoms with Gasteiger partial charge in [0.05, 0.1) is 11.2 Å². The van der Waals surface area contributed by atoms with Crippen molar-refractivity contribution in [2.45, 2.75) is 50.0 Å². The van der Waals surface area contributed by atoms with Gasteiger partial charge in [-0.15, -0.1) is 0 Å². The number of unbranched alkanes of at least 4 members (excludes halogenated alkanes) is 1. The second kappa shape index (κ2) is 11.2. The van der Waals surface area contributed by atoms with Crippen LogP contribution in [0.15, 0.2) is 47.9 Å². The number of nitrogens with one attached hydrogen (secondary N) is 1. The van der Waals surface area contributed by atoms with Crippen molar-refractivity contribution in [3.63, 3.8) is 0 Å². The summed E-state index contributed by atoms with van der Waals surface area (Å²) in [7, 11) is -3.54. The Labute approximate surface area is 170 Å². The Bertz CT molecular complexity index is 823. The van der Waals surface area contributed by atoms with E-state index in [9.17, 15) is 13.2 Å². The van der Waals surface area contributed by atoms with Crippen LogP contribution in [0.1, 0.15) is 38.5 Å². The maximum atomic E-state index is 12.2. The summed E-state index contributed by atoms with van der Waals surface area (Å²) in [5.74, 6) is -0.505. The monoisotopic (exact) mass is 427 g/mol. The number of rotatable bonds is 13. The highest BCUT2D eigenvalue weighted by molar-refractivity contribution is 7.89. The number of benzene rings is 1. The molecule has 1 aromatic heterocycles. The molecule has 0 fully saturated rings. The molecular formula is C19H26ClN3O4S. The third-order valence-electron chi connectivity index (χ3n) is 4.58. The lowest BCUT2D eigenvalue weighted by molar-refractivity contribution is -0.137. The van der Waals surface area contributed by atoms with Crippen LogP contribution in [-0.2, 0) is 21.4 Å². The zero-order valence-electron chi connectivity index (χ0n) is 15.6. The van der Waals surface area contributed by atoms with E-state index in [1.807, 2.05) is 10.8 Å². The van der Waals surface area contributed by atoms with Crippen LogP contribution < -0.4 is 4.72 Å². The lowest BCUT2D eigenvalue weighted by Crippen LogP contribution is -2.24. The molecule has 2 rings (SSSR count). The van der Waals surface area contributed by atoms with Gasteiger partial charge in [0.1, 0.15) is 0 Å². The predicted octanol–water partition coefficient (Wildman–Crippen LogP) is 3.56. The van der Waals surface area contributed by atoms with E-state index in [-0.39, 0.29) is 17.2 Å². The molecule has 2 N–H and O–H groups in total. The summed E-state index contributed by atoms with van der Waals surface area (Å²) in [6.45, 7) is 1.14. The molecule has 1 aromatic carbocycles. The predicted molar refractivity (Wildman–Crippen MR) is 108 cm³/mol. The molecule has 7 nitrogen and oxygen atoms in total. The number of halogens is 1. The number of carboxylic acid groups (broad SMARTS) is 1. The largest absolute Gasteiger partial charge is 0.481 e. The summed E-state index contributed by atoms with van der Waals surface area (Å²) < 4.78 is 29.0. The van der Waals surface area contributed by atoms with E-state index in [1.165, 1.54) is 12.1 Å². The number of imidazole rings is 1. The van der Waals surface area contributed by atoms with Gasteiger partial charge in [-0.25, -0.2) is 18.1 Å². The van der Waals surface area contributed by atoms with E-state index in [2.05, 4.69) is 9.71 Å². The van der Waals surface area contributed by atoms with Crippen molar-refractivity contribution in [3.05, 3.63) is 48.0 Å². The van der Waals surface area contributed by atoms with E-state index < -0.39 is 16.0 Å². The van der Waals surface area contributed by atoms with Gasteiger partial charge in [0.2, 0.25) is 10.0 Å². The Morgan fingerprint density at radius 2 is 1.93 bits per heavy atom. The van der Waals surface area contributed by atoms with E-state index in [1.54, 1.807) is 24.7 Å². The molecule has 0 radical (unpaired) electrons. The molecule has 0 bridgehead atoms. The highest BCUT2D eigenvalue weighted by Gasteiger charge is 2.14. The molecule has 1 atom stereocenters. The summed E-state index contributed by atoms with van der Waals surface area (Å²) >= 11 is 5.78. The highest BCUT2D eigenvalue weighted by Crippen LogP contribution is 2.20. The van der Waals surface area contributed by atoms with E-state index in [0.717, 1.165) is 25.8 Å². The molecule has 0 saturated heterocycles. The number of hydrogen-bond acceptors (Lipinski definition) is 4. The third kappa shape index (κ3) is 8.00. The van der Waals surface area contributed by atoms with Gasteiger partial charge in [-0.05, 0) is 49.4 Å². The molecule has 0 aliphatic carbocycles. The normalized spacial score (nSPS) is 12.8. The number of aromatic nitrogens is 2. The minimum atomic E-state index is -3.54. The Kier molecular flexibility index (Phi) is 8.95. The van der Waals surface area contributed by atoms with Gasteiger partial charge in [0, 0.05) is 36.9 Å². The van der Waals surface area contributed by atoms with Crippen LogP contribution in [0.2, 0.25) is 5.02 Å². The zero-order valence-corrected chi connectivity index (χ0v) is 17.2. The smallest absolute Gasteiger partial charge is 0.303 e. The minimum absolute atomic E-state index is 0.151. The Balaban J connectivity index is 1.74. The molecule has 2 aromatic rings. The van der Waals surface area contributed by atoms with Crippen LogP contribution in [0, 0.1) is 5.92 Å². The average molecular weight is 428 g/mol. The first-order valence-electron chi connectivity index (χ1n) is 9.29. The Morgan fingerprint density at radius 1 is 1.18 bits per heavy atom. The zero-order chi connectivity index (χ0) is 20.4. The molecule has 28 heavy (non-hydrogen) atoms. The third-order valence-corrected chi connectivity index (χ3v) is 6.31. The van der Waals surface area contributed by atoms with Crippen LogP contribution in [0.5, 0.6) is 0 Å². The fourth-order valence-electron chi connectivity index (χ4n) is 2.97. The maximum Gasteiger partial charge on any atom is 0.303 e. The van der Waals surface area contributed by atoms with Gasteiger partial charge in [-0.2, -0.15) is 0 Å². The van der Waals surface area contributed by atoms with Gasteiger partial charge in [-0.3, -0.25) is 4.79 Å². The summed E-state index contributed by atoms with van der Waals surface area (Å²) in [6, 6.07) is 6.04. The molecule has 0 spiro atoms. The van der Waals surface area contributed by atoms with Crippen molar-refractivity contribution in [1.29, 1.82) is 0 Å². The number of nitrogens with zero attached hydrogens (tertiary/aromatic N) is 2. The van der Waals surface area contributed by atoms with Crippen LogP contribution in [0.4, 0.5) is 0 Å². The Morgan fingerprint density at radius 3 is 2.57 bits per heavy atom. The molecule has 0 aliphatic heterocycles. The number of carboxylic acids is 1. The highest BCUT2D eigenvalue weighted by atomic mass is 35.5. The van der Waals surface area contributed by atoms with Crippen molar-refractivity contribution < 1.29 is 18.3 Å². The van der Waals surface area contributed by atoms with Crippen molar-refractivity contribution in [3.8, 4) is 0 Å². The fourth-order valence-corrected chi connectivity index (χ4v) is 4.17. The molecule has 0 aliphatic rings. The average Bonchev–Trinajstić information content (AvgIpc) is 3.16. The first kappa shape index (κ1) is 22.4. The van der Waals surface area contributed by atoms with Crippen molar-refractivity contribution in [2.24, 2.45) is 5.92 Å². The van der Waals surface area contributed by atoms with Gasteiger partial charge in [-0.1, -0.05) is 24.4 Å². The van der Waals surface area contributed by atoms with E-state index in [0.29, 0.717) is 24.4 Å². The quantitative estimate of drug-likeness (QED) is 0.476. The van der Waals surface area contributed by atoms with Gasteiger partial charge < -0.3 is 9.67 Å². The maximum absolute atomic E-state index is 12.2. The van der Waals surface area contributed by atoms with Crippen LogP contribution in [0.3, 0.4) is 0 Å². The number of carbonyl (C=O) groups is 1. The van der Waals surface area contributed by atoms with Crippen LogP contribution in [0.25, 0.3) is 0 Å². The number of sulfonamides is 1. The second-order valence-electron chi connectivity index (χ2n) is 6.74. The van der Waals surface area contributed by atoms with Crippen LogP contribution in [-0.4, -0.2) is 35.6 Å². The van der Waals surface area contributed by atoms with Gasteiger partial charge in [0.15, 0.2) is 0 Å². The second-order valence-corrected chi connectivity index (χ2v) is 8.94. The summed E-state index contributed by atoms with van der Waals surface area (Å²) in [5, 5.41) is 9.43. The van der Waals surface area contributed by atoms with E-state index in [4.69, 9.17) is 16.7 Å². The first-order valence-corrected chi connectivity index (χ1v) is 11.2. The number of hydrogen-bond donors (Lipinski definition) is 2. The molecular weight excluding hydrogens is 402 g/mol. The minimum Gasteiger partial charge on any atom is -0.481 e. The van der Waals surface area contributed by atoms with Crippen LogP contribution >= 0.6 is 11.6 Å². The van der Waals surface area contributed by atoms with E-state index >= 15 is 0 Å². The lowest BCUT2D eigenvalue weighted by atomic mass is 9.93. The summed E-state index contributed by atoms with van der Waals surface area (Å²) in [5.41, 5.74) is 0. The standard InChI is InChI=1S/C19H26ClN3O4S/c20-17-5-7-18(8-6-17)28(26,27)22-11-2-1-3-16(4-9-19(24)25)10-13-23-14-12-21-15-23/h5-8,12,14-16,22H,1-4,9-11,13H2,(H,24,25). The summed E-state index contributed by atoms with van der Waals surface area (Å²) in [4.78, 5) is 15.1. The summed E-state index contributed by atoms with van der Waals surface area (Å²) in [6.07, 6.45) is 9.40. The Hall–Kier alpha value is -1.90. The molecule has 1 unspecified atom stereocenters. The molecule has 0 saturated carbocycles. The number of aliphatic carboxylic acids is 1. The molecule has 9 heteroatoms. The fraction of sp³-hybridized carbons (Fsp3) is 0.474. The molecule has 1 heterocycles.